The van der Waals surface area contributed by atoms with E-state index in [0.717, 1.165) is 38.8 Å². The Bertz CT molecular complexity index is 1020. The van der Waals surface area contributed by atoms with E-state index < -0.39 is 17.6 Å². The summed E-state index contributed by atoms with van der Waals surface area (Å²) < 4.78 is 38.7. The van der Waals surface area contributed by atoms with Crippen molar-refractivity contribution in [3.63, 3.8) is 0 Å². The standard InChI is InChI=1S/C21H19F3N2OS/c1-3-14-11-15(7-8-17(14)20(25)27)19-12(2)26-18(28-19)10-13-5-4-6-16(9-13)21(22,23)24/h4-9,11H,3,10H2,1-2H3,(H2,25,27). The molecule has 0 atom stereocenters. The van der Waals surface area contributed by atoms with Gasteiger partial charge in [-0.3, -0.25) is 4.79 Å². The number of nitrogens with zero attached hydrogens (tertiary/aromatic N) is 1. The first-order valence-corrected chi connectivity index (χ1v) is 9.56. The molecule has 146 valence electrons. The Morgan fingerprint density at radius 1 is 1.18 bits per heavy atom. The van der Waals surface area contributed by atoms with Gasteiger partial charge in [-0.25, -0.2) is 4.98 Å². The van der Waals surface area contributed by atoms with Crippen LogP contribution in [-0.4, -0.2) is 10.9 Å². The monoisotopic (exact) mass is 404 g/mol. The minimum absolute atomic E-state index is 0.329. The highest BCUT2D eigenvalue weighted by Gasteiger charge is 2.30. The highest BCUT2D eigenvalue weighted by atomic mass is 32.1. The molecule has 0 aliphatic heterocycles. The van der Waals surface area contributed by atoms with Crippen molar-refractivity contribution in [3.05, 3.63) is 75.4 Å². The predicted octanol–water partition coefficient (Wildman–Crippen LogP) is 5.39. The molecule has 1 heterocycles. The second-order valence-corrected chi connectivity index (χ2v) is 7.57. The van der Waals surface area contributed by atoms with Gasteiger partial charge in [-0.15, -0.1) is 11.3 Å². The van der Waals surface area contributed by atoms with Crippen molar-refractivity contribution >= 4 is 17.2 Å². The molecule has 0 bridgehead atoms. The fourth-order valence-corrected chi connectivity index (χ4v) is 4.19. The Labute approximate surface area is 165 Å². The number of carbonyl (C=O) groups excluding carboxylic acids is 1. The highest BCUT2D eigenvalue weighted by molar-refractivity contribution is 7.15. The molecule has 0 saturated carbocycles. The molecule has 1 amide bonds. The molecule has 0 aliphatic rings. The van der Waals surface area contributed by atoms with E-state index in [0.29, 0.717) is 24.0 Å². The van der Waals surface area contributed by atoms with Gasteiger partial charge >= 0.3 is 6.18 Å². The van der Waals surface area contributed by atoms with Crippen LogP contribution >= 0.6 is 11.3 Å². The van der Waals surface area contributed by atoms with E-state index in [4.69, 9.17) is 5.73 Å². The van der Waals surface area contributed by atoms with E-state index in [9.17, 15) is 18.0 Å². The van der Waals surface area contributed by atoms with Crippen molar-refractivity contribution in [3.8, 4) is 10.4 Å². The molecule has 2 aromatic carbocycles. The summed E-state index contributed by atoms with van der Waals surface area (Å²) in [5.74, 6) is -0.463. The van der Waals surface area contributed by atoms with Gasteiger partial charge in [0.1, 0.15) is 0 Å². The van der Waals surface area contributed by atoms with Crippen LogP contribution in [0.25, 0.3) is 10.4 Å². The number of carbonyl (C=O) groups is 1. The van der Waals surface area contributed by atoms with Crippen LogP contribution in [0.15, 0.2) is 42.5 Å². The number of nitrogens with two attached hydrogens (primary N) is 1. The number of halogens is 3. The average Bonchev–Trinajstić information content (AvgIpc) is 3.00. The Kier molecular flexibility index (Phi) is 5.56. The van der Waals surface area contributed by atoms with Gasteiger partial charge in [-0.2, -0.15) is 13.2 Å². The maximum atomic E-state index is 12.9. The van der Waals surface area contributed by atoms with Crippen molar-refractivity contribution in [1.29, 1.82) is 0 Å². The van der Waals surface area contributed by atoms with Crippen LogP contribution in [0.2, 0.25) is 0 Å². The van der Waals surface area contributed by atoms with E-state index in [1.165, 1.54) is 17.4 Å². The summed E-state index contributed by atoms with van der Waals surface area (Å²) in [6.45, 7) is 3.82. The van der Waals surface area contributed by atoms with Gasteiger partial charge in [0.25, 0.3) is 0 Å². The van der Waals surface area contributed by atoms with Crippen molar-refractivity contribution in [1.82, 2.24) is 4.98 Å². The first kappa shape index (κ1) is 20.1. The number of aromatic nitrogens is 1. The SMILES string of the molecule is CCc1cc(-c2sc(Cc3cccc(C(F)(F)F)c3)nc2C)ccc1C(N)=O. The largest absolute Gasteiger partial charge is 0.416 e. The third-order valence-corrected chi connectivity index (χ3v) is 5.67. The van der Waals surface area contributed by atoms with E-state index in [-0.39, 0.29) is 0 Å². The van der Waals surface area contributed by atoms with E-state index in [2.05, 4.69) is 4.98 Å². The molecular weight excluding hydrogens is 385 g/mol. The molecule has 3 rings (SSSR count). The maximum absolute atomic E-state index is 12.9. The van der Waals surface area contributed by atoms with Gasteiger partial charge in [-0.05, 0) is 48.2 Å². The molecule has 1 aromatic heterocycles. The van der Waals surface area contributed by atoms with Gasteiger partial charge in [0.2, 0.25) is 5.91 Å². The van der Waals surface area contributed by atoms with Crippen LogP contribution in [0.3, 0.4) is 0 Å². The lowest BCUT2D eigenvalue weighted by atomic mass is 10.0. The molecule has 0 aliphatic carbocycles. The number of amides is 1. The Balaban J connectivity index is 1.91. The third-order valence-electron chi connectivity index (χ3n) is 4.46. The van der Waals surface area contributed by atoms with E-state index >= 15 is 0 Å². The van der Waals surface area contributed by atoms with Gasteiger partial charge in [0.15, 0.2) is 0 Å². The molecular formula is C21H19F3N2OS. The summed E-state index contributed by atoms with van der Waals surface area (Å²) >= 11 is 1.45. The third kappa shape index (κ3) is 4.25. The average molecular weight is 404 g/mol. The number of thiazole rings is 1. The number of primary amides is 1. The second kappa shape index (κ2) is 7.75. The number of hydrogen-bond donors (Lipinski definition) is 1. The van der Waals surface area contributed by atoms with Crippen LogP contribution in [0.1, 0.15) is 44.7 Å². The maximum Gasteiger partial charge on any atom is 0.416 e. The molecule has 2 N–H and O–H groups in total. The molecule has 0 saturated heterocycles. The van der Waals surface area contributed by atoms with Crippen LogP contribution in [0, 0.1) is 6.92 Å². The summed E-state index contributed by atoms with van der Waals surface area (Å²) in [6, 6.07) is 10.8. The molecule has 3 nitrogen and oxygen atoms in total. The minimum Gasteiger partial charge on any atom is -0.366 e. The Morgan fingerprint density at radius 3 is 2.57 bits per heavy atom. The molecule has 3 aromatic rings. The zero-order valence-corrected chi connectivity index (χ0v) is 16.2. The first-order valence-electron chi connectivity index (χ1n) is 8.74. The van der Waals surface area contributed by atoms with Gasteiger partial charge in [-0.1, -0.05) is 31.2 Å². The summed E-state index contributed by atoms with van der Waals surface area (Å²) in [5.41, 5.74) is 8.40. The lowest BCUT2D eigenvalue weighted by Gasteiger charge is -2.08. The van der Waals surface area contributed by atoms with E-state index in [1.807, 2.05) is 26.0 Å². The van der Waals surface area contributed by atoms with Gasteiger partial charge < -0.3 is 5.73 Å². The molecule has 0 unspecified atom stereocenters. The lowest BCUT2D eigenvalue weighted by molar-refractivity contribution is -0.137. The lowest BCUT2D eigenvalue weighted by Crippen LogP contribution is -2.13. The van der Waals surface area contributed by atoms with Gasteiger partial charge in [0, 0.05) is 12.0 Å². The number of benzene rings is 2. The van der Waals surface area contributed by atoms with Crippen molar-refractivity contribution < 1.29 is 18.0 Å². The number of hydrogen-bond acceptors (Lipinski definition) is 3. The Hall–Kier alpha value is -2.67. The second-order valence-electron chi connectivity index (χ2n) is 6.49. The normalized spacial score (nSPS) is 11.6. The summed E-state index contributed by atoms with van der Waals surface area (Å²) in [5, 5.41) is 0.740. The molecule has 0 fully saturated rings. The summed E-state index contributed by atoms with van der Waals surface area (Å²) in [7, 11) is 0. The van der Waals surface area contributed by atoms with Crippen molar-refractivity contribution in [2.75, 3.05) is 0 Å². The number of aryl methyl sites for hydroxylation is 2. The number of rotatable bonds is 5. The molecule has 0 spiro atoms. The van der Waals surface area contributed by atoms with Gasteiger partial charge in [0.05, 0.1) is 21.1 Å². The van der Waals surface area contributed by atoms with Crippen molar-refractivity contribution in [2.45, 2.75) is 32.9 Å². The van der Waals surface area contributed by atoms with E-state index in [1.54, 1.807) is 12.1 Å². The quantitative estimate of drug-likeness (QED) is 0.620. The zero-order valence-electron chi connectivity index (χ0n) is 15.4. The predicted molar refractivity (Wildman–Crippen MR) is 104 cm³/mol. The fourth-order valence-electron chi connectivity index (χ4n) is 3.10. The van der Waals surface area contributed by atoms with Crippen LogP contribution in [0.5, 0.6) is 0 Å². The van der Waals surface area contributed by atoms with Crippen LogP contribution < -0.4 is 5.73 Å². The Morgan fingerprint density at radius 2 is 1.93 bits per heavy atom. The van der Waals surface area contributed by atoms with Crippen molar-refractivity contribution in [2.24, 2.45) is 5.73 Å². The molecule has 7 heteroatoms. The topological polar surface area (TPSA) is 56.0 Å². The smallest absolute Gasteiger partial charge is 0.366 e. The number of alkyl halides is 3. The molecule has 0 radical (unpaired) electrons. The highest BCUT2D eigenvalue weighted by Crippen LogP contribution is 2.34. The minimum atomic E-state index is -4.36. The summed E-state index contributed by atoms with van der Waals surface area (Å²) in [4.78, 5) is 17.0. The first-order chi connectivity index (χ1) is 13.2. The summed E-state index contributed by atoms with van der Waals surface area (Å²) in [6.07, 6.45) is -3.37. The zero-order chi connectivity index (χ0) is 20.5. The van der Waals surface area contributed by atoms with Crippen LogP contribution in [0.4, 0.5) is 13.2 Å². The van der Waals surface area contributed by atoms with Crippen LogP contribution in [-0.2, 0) is 19.0 Å². The fraction of sp³-hybridized carbons (Fsp3) is 0.238. The molecule has 28 heavy (non-hydrogen) atoms.